The van der Waals surface area contributed by atoms with E-state index in [-0.39, 0.29) is 11.2 Å². The van der Waals surface area contributed by atoms with E-state index in [1.807, 2.05) is 55.6 Å². The molecule has 2 heterocycles. The van der Waals surface area contributed by atoms with E-state index in [1.54, 1.807) is 12.1 Å². The maximum Gasteiger partial charge on any atom is 0.149 e. The van der Waals surface area contributed by atoms with Gasteiger partial charge in [0.25, 0.3) is 0 Å². The topological polar surface area (TPSA) is 50.9 Å². The van der Waals surface area contributed by atoms with Gasteiger partial charge in [-0.25, -0.2) is 4.98 Å². The highest BCUT2D eigenvalue weighted by Crippen LogP contribution is 2.44. The van der Waals surface area contributed by atoms with Gasteiger partial charge in [-0.15, -0.1) is 0 Å². The maximum absolute atomic E-state index is 11.9. The van der Waals surface area contributed by atoms with E-state index >= 15 is 0 Å². The number of aryl methyl sites for hydroxylation is 4. The SMILES string of the molecule is [2H]C([2H])([2H])c1ccc(-c2ccnc(-c3cc(-c4cccc5c4nc(-c4cc(C)cc(C)c4O)n5-c4cc(-c5ccccc5)c(C)cc4-c4ccccc4)cc(C(C)(C)C)c3)c2)cc1. The Morgan fingerprint density at radius 3 is 1.93 bits per heavy atom. The third-order valence-corrected chi connectivity index (χ3v) is 11.5. The van der Waals surface area contributed by atoms with Gasteiger partial charge >= 0.3 is 0 Å². The van der Waals surface area contributed by atoms with E-state index in [1.165, 1.54) is 0 Å². The fraction of sp³-hybridized carbons (Fsp3) is 0.143. The number of phenols is 1. The Balaban J connectivity index is 1.31. The standard InChI is InChI=1S/C56H49N3O/c1-35-21-23-39(24-22-35)42-25-26-57-50(33-42)44-30-43(31-45(32-44)56(5,6)7)46-19-14-20-51-53(46)58-55(49-28-36(2)27-38(4)54(49)60)59(51)52-34-47(40-15-10-8-11-16-40)37(3)29-48(52)41-17-12-9-13-18-41/h8-34,60H,1-7H3/i1D3. The van der Waals surface area contributed by atoms with Gasteiger partial charge < -0.3 is 5.11 Å². The lowest BCUT2D eigenvalue weighted by atomic mass is 9.83. The lowest BCUT2D eigenvalue weighted by Crippen LogP contribution is -2.11. The number of imidazole rings is 1. The highest BCUT2D eigenvalue weighted by molar-refractivity contribution is 5.98. The molecule has 0 aliphatic heterocycles. The van der Waals surface area contributed by atoms with Crippen molar-refractivity contribution in [2.45, 2.75) is 53.8 Å². The number of hydrogen-bond acceptors (Lipinski definition) is 3. The summed E-state index contributed by atoms with van der Waals surface area (Å²) in [6, 6.07) is 53.7. The van der Waals surface area contributed by atoms with Gasteiger partial charge in [0.1, 0.15) is 11.6 Å². The number of fused-ring (bicyclic) bond motifs is 1. The average molecular weight is 783 g/mol. The Morgan fingerprint density at radius 2 is 1.23 bits per heavy atom. The Hall–Kier alpha value is -7.04. The van der Waals surface area contributed by atoms with Crippen LogP contribution in [0.15, 0.2) is 164 Å². The molecule has 0 bridgehead atoms. The van der Waals surface area contributed by atoms with Crippen LogP contribution in [0.4, 0.5) is 0 Å². The number of benzene rings is 7. The Kier molecular flexibility index (Phi) is 8.90. The minimum Gasteiger partial charge on any atom is -0.507 e. The van der Waals surface area contributed by atoms with E-state index in [0.29, 0.717) is 17.0 Å². The van der Waals surface area contributed by atoms with Crippen molar-refractivity contribution in [2.75, 3.05) is 0 Å². The summed E-state index contributed by atoms with van der Waals surface area (Å²) in [5.41, 5.74) is 17.5. The van der Waals surface area contributed by atoms with Crippen molar-refractivity contribution in [3.63, 3.8) is 0 Å². The molecule has 4 heteroatoms. The lowest BCUT2D eigenvalue weighted by Gasteiger charge is -2.22. The molecule has 0 unspecified atom stereocenters. The molecule has 0 amide bonds. The first-order chi connectivity index (χ1) is 30.1. The van der Waals surface area contributed by atoms with Crippen LogP contribution in [-0.4, -0.2) is 19.6 Å². The zero-order valence-corrected chi connectivity index (χ0v) is 34.9. The molecule has 9 rings (SSSR count). The Labute approximate surface area is 357 Å². The second-order valence-electron chi connectivity index (χ2n) is 16.9. The van der Waals surface area contributed by atoms with Crippen LogP contribution in [0.1, 0.15) is 52.7 Å². The van der Waals surface area contributed by atoms with Crippen molar-refractivity contribution in [3.8, 4) is 78.6 Å². The fourth-order valence-corrected chi connectivity index (χ4v) is 8.34. The van der Waals surface area contributed by atoms with Gasteiger partial charge in [0, 0.05) is 27.0 Å². The molecule has 0 atom stereocenters. The molecule has 7 aromatic carbocycles. The monoisotopic (exact) mass is 782 g/mol. The number of nitrogens with zero attached hydrogens (tertiary/aromatic N) is 3. The van der Waals surface area contributed by atoms with Crippen LogP contribution >= 0.6 is 0 Å². The van der Waals surface area contributed by atoms with Crippen molar-refractivity contribution >= 4 is 11.0 Å². The van der Waals surface area contributed by atoms with Crippen molar-refractivity contribution in [1.82, 2.24) is 14.5 Å². The van der Waals surface area contributed by atoms with E-state index < -0.39 is 6.85 Å². The van der Waals surface area contributed by atoms with Crippen LogP contribution in [0.3, 0.4) is 0 Å². The zero-order valence-electron chi connectivity index (χ0n) is 37.9. The van der Waals surface area contributed by atoms with Crippen molar-refractivity contribution < 1.29 is 9.22 Å². The van der Waals surface area contributed by atoms with Gasteiger partial charge in [0.2, 0.25) is 0 Å². The fourth-order valence-electron chi connectivity index (χ4n) is 8.34. The molecule has 2 aromatic heterocycles. The first-order valence-electron chi connectivity index (χ1n) is 22.0. The normalized spacial score (nSPS) is 12.6. The van der Waals surface area contributed by atoms with Crippen LogP contribution in [-0.2, 0) is 5.41 Å². The first-order valence-corrected chi connectivity index (χ1v) is 20.5. The van der Waals surface area contributed by atoms with Gasteiger partial charge in [0.15, 0.2) is 0 Å². The number of pyridine rings is 1. The van der Waals surface area contributed by atoms with Crippen LogP contribution in [0.5, 0.6) is 5.75 Å². The predicted molar refractivity (Wildman–Crippen MR) is 251 cm³/mol. The van der Waals surface area contributed by atoms with Crippen molar-refractivity contribution in [1.29, 1.82) is 0 Å². The summed E-state index contributed by atoms with van der Waals surface area (Å²) >= 11 is 0. The van der Waals surface area contributed by atoms with Gasteiger partial charge in [-0.05, 0) is 137 Å². The van der Waals surface area contributed by atoms with Gasteiger partial charge in [0.05, 0.1) is 28.0 Å². The molecule has 0 aliphatic rings. The second-order valence-corrected chi connectivity index (χ2v) is 16.9. The minimum absolute atomic E-state index is 0.197. The third kappa shape index (κ3) is 7.20. The molecule has 0 fully saturated rings. The molecule has 0 spiro atoms. The first kappa shape index (κ1) is 35.0. The van der Waals surface area contributed by atoms with E-state index in [4.69, 9.17) is 14.1 Å². The number of phenolic OH excluding ortho intramolecular Hbond substituents is 1. The minimum atomic E-state index is -2.17. The third-order valence-electron chi connectivity index (χ3n) is 11.5. The molecule has 9 aromatic rings. The lowest BCUT2D eigenvalue weighted by molar-refractivity contribution is 0.472. The zero-order chi connectivity index (χ0) is 44.2. The highest BCUT2D eigenvalue weighted by Gasteiger charge is 2.25. The number of hydrogen-bond donors (Lipinski definition) is 1. The highest BCUT2D eigenvalue weighted by atomic mass is 16.3. The molecule has 0 saturated carbocycles. The summed E-state index contributed by atoms with van der Waals surface area (Å²) < 4.78 is 25.7. The molecule has 4 nitrogen and oxygen atoms in total. The van der Waals surface area contributed by atoms with Gasteiger partial charge in [-0.2, -0.15) is 0 Å². The summed E-state index contributed by atoms with van der Waals surface area (Å²) in [6.07, 6.45) is 1.81. The summed E-state index contributed by atoms with van der Waals surface area (Å²) in [7, 11) is 0. The van der Waals surface area contributed by atoms with Crippen molar-refractivity contribution in [2.24, 2.45) is 0 Å². The molecular weight excluding hydrogens is 731 g/mol. The number of para-hydroxylation sites is 1. The number of aromatic hydroxyl groups is 1. The summed E-state index contributed by atoms with van der Waals surface area (Å²) in [6.45, 7) is 10.6. The molecular formula is C56H49N3O. The van der Waals surface area contributed by atoms with Crippen LogP contribution < -0.4 is 0 Å². The molecule has 0 saturated heterocycles. The second kappa shape index (κ2) is 15.3. The van der Waals surface area contributed by atoms with Crippen LogP contribution in [0.2, 0.25) is 0 Å². The van der Waals surface area contributed by atoms with Crippen LogP contribution in [0, 0.1) is 27.6 Å². The summed E-state index contributed by atoms with van der Waals surface area (Å²) in [5, 5.41) is 11.9. The predicted octanol–water partition coefficient (Wildman–Crippen LogP) is 14.7. The summed E-state index contributed by atoms with van der Waals surface area (Å²) in [4.78, 5) is 10.4. The van der Waals surface area contributed by atoms with Gasteiger partial charge in [-0.1, -0.05) is 136 Å². The Bertz CT molecular complexity index is 3160. The molecule has 294 valence electrons. The Morgan fingerprint density at radius 1 is 0.533 bits per heavy atom. The average Bonchev–Trinajstić information content (AvgIpc) is 3.67. The summed E-state index contributed by atoms with van der Waals surface area (Å²) in [5.74, 6) is 0.847. The number of rotatable bonds is 7. The number of aromatic nitrogens is 3. The quantitative estimate of drug-likeness (QED) is 0.175. The van der Waals surface area contributed by atoms with E-state index in [2.05, 4.69) is 142 Å². The van der Waals surface area contributed by atoms with Gasteiger partial charge in [-0.3, -0.25) is 9.55 Å². The van der Waals surface area contributed by atoms with E-state index in [0.717, 1.165) is 94.7 Å². The molecule has 1 N–H and O–H groups in total. The van der Waals surface area contributed by atoms with Crippen molar-refractivity contribution in [3.05, 3.63) is 192 Å². The molecule has 0 radical (unpaired) electrons. The van der Waals surface area contributed by atoms with E-state index in [9.17, 15) is 5.11 Å². The van der Waals surface area contributed by atoms with Crippen LogP contribution in [0.25, 0.3) is 83.9 Å². The molecule has 0 aliphatic carbocycles. The smallest absolute Gasteiger partial charge is 0.149 e. The largest absolute Gasteiger partial charge is 0.507 e. The molecule has 60 heavy (non-hydrogen) atoms. The maximum atomic E-state index is 11.9.